The van der Waals surface area contributed by atoms with E-state index in [2.05, 4.69) is 15.7 Å². The van der Waals surface area contributed by atoms with Crippen LogP contribution in [0.4, 0.5) is 0 Å². The summed E-state index contributed by atoms with van der Waals surface area (Å²) in [4.78, 5) is 13.0. The average Bonchev–Trinajstić information content (AvgIpc) is 3.21. The Kier molecular flexibility index (Phi) is 5.35. The van der Waals surface area contributed by atoms with Gasteiger partial charge in [0.2, 0.25) is 5.91 Å². The van der Waals surface area contributed by atoms with E-state index in [0.717, 1.165) is 13.1 Å². The number of benzene rings is 1. The van der Waals surface area contributed by atoms with E-state index >= 15 is 0 Å². The van der Waals surface area contributed by atoms with Crippen molar-refractivity contribution in [3.63, 3.8) is 0 Å². The highest BCUT2D eigenvalue weighted by Gasteiger charge is 2.42. The third-order valence-corrected chi connectivity index (χ3v) is 4.75. The Morgan fingerprint density at radius 1 is 1.40 bits per heavy atom. The molecule has 1 aliphatic rings. The molecule has 2 aromatic rings. The first-order valence-electron chi connectivity index (χ1n) is 8.47. The van der Waals surface area contributed by atoms with E-state index in [1.807, 2.05) is 24.4 Å². The largest absolute Gasteiger partial charge is 0.496 e. The fraction of sp³-hybridized carbons (Fsp3) is 0.444. The summed E-state index contributed by atoms with van der Waals surface area (Å²) < 4.78 is 7.01. The first-order chi connectivity index (χ1) is 12.2. The Bertz CT molecular complexity index is 696. The summed E-state index contributed by atoms with van der Waals surface area (Å²) in [6.45, 7) is 1.63. The van der Waals surface area contributed by atoms with Gasteiger partial charge in [0.25, 0.3) is 0 Å². The summed E-state index contributed by atoms with van der Waals surface area (Å²) in [6.07, 6.45) is 3.98. The van der Waals surface area contributed by atoms with E-state index in [1.54, 1.807) is 30.1 Å². The number of carbonyl (C=O) groups excluding carboxylic acids is 1. The van der Waals surface area contributed by atoms with Crippen LogP contribution in [0.2, 0.25) is 0 Å². The summed E-state index contributed by atoms with van der Waals surface area (Å²) in [7, 11) is 1.56. The highest BCUT2D eigenvalue weighted by Crippen LogP contribution is 2.28. The quantitative estimate of drug-likeness (QED) is 0.722. The number of rotatable bonds is 6. The molecule has 0 bridgehead atoms. The van der Waals surface area contributed by atoms with Gasteiger partial charge in [-0.15, -0.1) is 0 Å². The number of nitrogens with one attached hydrogen (secondary N) is 2. The van der Waals surface area contributed by atoms with E-state index < -0.39 is 11.6 Å². The molecule has 1 saturated heterocycles. The maximum atomic E-state index is 13.0. The fourth-order valence-corrected chi connectivity index (χ4v) is 3.33. The molecule has 2 heterocycles. The molecule has 0 saturated carbocycles. The monoisotopic (exact) mass is 344 g/mol. The van der Waals surface area contributed by atoms with Gasteiger partial charge >= 0.3 is 0 Å². The number of ether oxygens (including phenoxy) is 1. The number of para-hydroxylation sites is 1. The fourth-order valence-electron chi connectivity index (χ4n) is 3.33. The first kappa shape index (κ1) is 17.4. The summed E-state index contributed by atoms with van der Waals surface area (Å²) in [5, 5.41) is 20.9. The number of amides is 1. The summed E-state index contributed by atoms with van der Waals surface area (Å²) in [6, 6.07) is 9.08. The number of aromatic nitrogens is 2. The highest BCUT2D eigenvalue weighted by molar-refractivity contribution is 5.84. The molecular weight excluding hydrogens is 320 g/mol. The van der Waals surface area contributed by atoms with Crippen molar-refractivity contribution in [2.75, 3.05) is 26.7 Å². The van der Waals surface area contributed by atoms with Crippen LogP contribution in [0.25, 0.3) is 0 Å². The molecular formula is C18H24N4O3. The van der Waals surface area contributed by atoms with E-state index in [0.29, 0.717) is 24.2 Å². The molecule has 1 atom stereocenters. The third-order valence-electron chi connectivity index (χ3n) is 4.75. The molecule has 0 spiro atoms. The zero-order valence-electron chi connectivity index (χ0n) is 14.3. The van der Waals surface area contributed by atoms with Crippen LogP contribution >= 0.6 is 0 Å². The van der Waals surface area contributed by atoms with Crippen molar-refractivity contribution in [1.29, 1.82) is 0 Å². The number of carbonyl (C=O) groups is 1. The Morgan fingerprint density at radius 3 is 2.84 bits per heavy atom. The van der Waals surface area contributed by atoms with E-state index in [1.165, 1.54) is 0 Å². The van der Waals surface area contributed by atoms with Crippen molar-refractivity contribution in [2.24, 2.45) is 0 Å². The molecule has 1 aromatic carbocycles. The number of methoxy groups -OCH3 is 1. The van der Waals surface area contributed by atoms with Crippen molar-refractivity contribution in [3.05, 3.63) is 48.3 Å². The van der Waals surface area contributed by atoms with Gasteiger partial charge in [-0.1, -0.05) is 18.2 Å². The second-order valence-corrected chi connectivity index (χ2v) is 6.20. The van der Waals surface area contributed by atoms with E-state index in [9.17, 15) is 9.90 Å². The Morgan fingerprint density at radius 2 is 2.16 bits per heavy atom. The van der Waals surface area contributed by atoms with Crippen molar-refractivity contribution in [2.45, 2.75) is 24.5 Å². The summed E-state index contributed by atoms with van der Waals surface area (Å²) >= 11 is 0. The van der Waals surface area contributed by atoms with Crippen molar-refractivity contribution in [1.82, 2.24) is 20.4 Å². The van der Waals surface area contributed by atoms with Gasteiger partial charge in [-0.3, -0.25) is 9.48 Å². The summed E-state index contributed by atoms with van der Waals surface area (Å²) in [5.74, 6) is 0.486. The highest BCUT2D eigenvalue weighted by atomic mass is 16.5. The molecule has 3 N–H and O–H groups in total. The van der Waals surface area contributed by atoms with Gasteiger partial charge in [-0.2, -0.15) is 5.10 Å². The van der Waals surface area contributed by atoms with Gasteiger partial charge in [0.1, 0.15) is 11.3 Å². The molecule has 1 fully saturated rings. The second-order valence-electron chi connectivity index (χ2n) is 6.20. The summed E-state index contributed by atoms with van der Waals surface area (Å²) in [5.41, 5.74) is -0.0568. The minimum absolute atomic E-state index is 0.119. The lowest BCUT2D eigenvalue weighted by Crippen LogP contribution is -2.55. The third kappa shape index (κ3) is 3.52. The van der Waals surface area contributed by atoms with Gasteiger partial charge in [-0.05, 0) is 38.1 Å². The van der Waals surface area contributed by atoms with Crippen LogP contribution in [-0.2, 0) is 10.3 Å². The molecule has 0 aliphatic carbocycles. The molecule has 3 rings (SSSR count). The number of aliphatic hydroxyl groups is 1. The van der Waals surface area contributed by atoms with Crippen LogP contribution in [0.5, 0.6) is 5.75 Å². The predicted molar refractivity (Wildman–Crippen MR) is 93.3 cm³/mol. The number of nitrogens with zero attached hydrogens (tertiary/aromatic N) is 2. The van der Waals surface area contributed by atoms with Crippen molar-refractivity contribution >= 4 is 5.91 Å². The minimum atomic E-state index is -0.837. The predicted octanol–water partition coefficient (Wildman–Crippen LogP) is 0.820. The molecule has 1 aliphatic heterocycles. The molecule has 7 nitrogen and oxygen atoms in total. The number of hydrogen-bond donors (Lipinski definition) is 3. The van der Waals surface area contributed by atoms with Crippen LogP contribution in [0.15, 0.2) is 42.7 Å². The van der Waals surface area contributed by atoms with Crippen LogP contribution in [-0.4, -0.2) is 47.5 Å². The molecule has 134 valence electrons. The normalized spacial score (nSPS) is 17.7. The van der Waals surface area contributed by atoms with Crippen LogP contribution in [0, 0.1) is 0 Å². The van der Waals surface area contributed by atoms with Crippen LogP contribution < -0.4 is 15.4 Å². The SMILES string of the molecule is COc1ccccc1C(O)CNC(=O)C1(n2cccn2)CCNCC1. The molecule has 25 heavy (non-hydrogen) atoms. The zero-order chi connectivity index (χ0) is 17.7. The standard InChI is InChI=1S/C18H24N4O3/c1-25-16-6-3-2-5-14(16)15(23)13-20-17(24)18(7-10-19-11-8-18)22-12-4-9-21-22/h2-6,9,12,15,19,23H,7-8,10-11,13H2,1H3,(H,20,24). The second kappa shape index (κ2) is 7.67. The smallest absolute Gasteiger partial charge is 0.248 e. The molecule has 1 amide bonds. The lowest BCUT2D eigenvalue weighted by molar-refractivity contribution is -0.132. The topological polar surface area (TPSA) is 88.4 Å². The van der Waals surface area contributed by atoms with Gasteiger partial charge in [0, 0.05) is 24.5 Å². The van der Waals surface area contributed by atoms with E-state index in [-0.39, 0.29) is 12.5 Å². The minimum Gasteiger partial charge on any atom is -0.496 e. The van der Waals surface area contributed by atoms with Gasteiger partial charge in [-0.25, -0.2) is 0 Å². The Labute approximate surface area is 147 Å². The molecule has 1 aromatic heterocycles. The van der Waals surface area contributed by atoms with E-state index in [4.69, 9.17) is 4.74 Å². The maximum Gasteiger partial charge on any atom is 0.248 e. The number of piperidine rings is 1. The maximum absolute atomic E-state index is 13.0. The molecule has 0 radical (unpaired) electrons. The molecule has 7 heteroatoms. The molecule has 1 unspecified atom stereocenters. The average molecular weight is 344 g/mol. The number of hydrogen-bond acceptors (Lipinski definition) is 5. The van der Waals surface area contributed by atoms with Crippen LogP contribution in [0.1, 0.15) is 24.5 Å². The van der Waals surface area contributed by atoms with Crippen molar-refractivity contribution in [3.8, 4) is 5.75 Å². The lowest BCUT2D eigenvalue weighted by Gasteiger charge is -2.36. The van der Waals surface area contributed by atoms with Gasteiger partial charge < -0.3 is 20.5 Å². The van der Waals surface area contributed by atoms with Crippen LogP contribution in [0.3, 0.4) is 0 Å². The zero-order valence-corrected chi connectivity index (χ0v) is 14.3. The van der Waals surface area contributed by atoms with Gasteiger partial charge in [0.15, 0.2) is 0 Å². The Balaban J connectivity index is 1.72. The Hall–Kier alpha value is -2.38. The number of aliphatic hydroxyl groups excluding tert-OH is 1. The van der Waals surface area contributed by atoms with Gasteiger partial charge in [0.05, 0.1) is 13.2 Å². The van der Waals surface area contributed by atoms with Crippen molar-refractivity contribution < 1.29 is 14.6 Å². The first-order valence-corrected chi connectivity index (χ1v) is 8.47. The lowest BCUT2D eigenvalue weighted by atomic mass is 9.87.